The van der Waals surface area contributed by atoms with E-state index in [1.54, 1.807) is 41.3 Å². The minimum atomic E-state index is -0.284. The molecule has 2 aromatic carbocycles. The third-order valence-corrected chi connectivity index (χ3v) is 3.78. The van der Waals surface area contributed by atoms with Crippen molar-refractivity contribution >= 4 is 11.7 Å². The molecule has 1 aliphatic carbocycles. The fourth-order valence-corrected chi connectivity index (χ4v) is 2.36. The van der Waals surface area contributed by atoms with Gasteiger partial charge in [-0.1, -0.05) is 12.1 Å². The Morgan fingerprint density at radius 3 is 2.39 bits per heavy atom. The van der Waals surface area contributed by atoms with Crippen molar-refractivity contribution in [2.75, 3.05) is 5.32 Å². The smallest absolute Gasteiger partial charge is 0.317 e. The largest absolute Gasteiger partial charge is 0.322 e. The second-order valence-electron chi connectivity index (χ2n) is 5.60. The second-order valence-corrected chi connectivity index (χ2v) is 5.60. The Labute approximate surface area is 134 Å². The van der Waals surface area contributed by atoms with E-state index in [-0.39, 0.29) is 17.9 Å². The highest BCUT2D eigenvalue weighted by molar-refractivity contribution is 5.89. The molecule has 0 radical (unpaired) electrons. The molecule has 4 nitrogen and oxygen atoms in total. The summed E-state index contributed by atoms with van der Waals surface area (Å²) in [4.78, 5) is 14.3. The van der Waals surface area contributed by atoms with Crippen molar-refractivity contribution in [1.29, 1.82) is 5.26 Å². The standard InChI is InChI=1S/C18H16FN3O/c19-15-5-1-14(2-6-15)12-22(17-9-10-17)18(23)21-16-7-3-13(11-20)4-8-16/h1-8,17H,9-10,12H2,(H,21,23). The van der Waals surface area contributed by atoms with E-state index >= 15 is 0 Å². The van der Waals surface area contributed by atoms with Crippen molar-refractivity contribution in [3.8, 4) is 6.07 Å². The number of hydrogen-bond donors (Lipinski definition) is 1. The molecule has 0 unspecified atom stereocenters. The van der Waals surface area contributed by atoms with Crippen LogP contribution in [0, 0.1) is 17.1 Å². The summed E-state index contributed by atoms with van der Waals surface area (Å²) in [6.45, 7) is 0.451. The van der Waals surface area contributed by atoms with E-state index < -0.39 is 0 Å². The number of hydrogen-bond acceptors (Lipinski definition) is 2. The lowest BCUT2D eigenvalue weighted by Crippen LogP contribution is -2.36. The zero-order valence-electron chi connectivity index (χ0n) is 12.5. The van der Waals surface area contributed by atoms with Gasteiger partial charge in [-0.15, -0.1) is 0 Å². The highest BCUT2D eigenvalue weighted by atomic mass is 19.1. The highest BCUT2D eigenvalue weighted by Gasteiger charge is 2.32. The molecule has 2 aromatic rings. The number of rotatable bonds is 4. The quantitative estimate of drug-likeness (QED) is 0.931. The van der Waals surface area contributed by atoms with Gasteiger partial charge in [-0.2, -0.15) is 5.26 Å². The lowest BCUT2D eigenvalue weighted by atomic mass is 10.2. The highest BCUT2D eigenvalue weighted by Crippen LogP contribution is 2.29. The number of amides is 2. The molecule has 1 N–H and O–H groups in total. The van der Waals surface area contributed by atoms with Crippen molar-refractivity contribution in [1.82, 2.24) is 4.90 Å². The molecule has 1 saturated carbocycles. The Kier molecular flexibility index (Phi) is 4.24. The number of nitrogens with one attached hydrogen (secondary N) is 1. The Hall–Kier alpha value is -2.87. The van der Waals surface area contributed by atoms with Gasteiger partial charge in [0, 0.05) is 18.3 Å². The second kappa shape index (κ2) is 6.49. The molecule has 1 fully saturated rings. The van der Waals surface area contributed by atoms with Crippen LogP contribution in [0.4, 0.5) is 14.9 Å². The summed E-state index contributed by atoms with van der Waals surface area (Å²) in [5, 5.41) is 11.6. The Morgan fingerprint density at radius 1 is 1.17 bits per heavy atom. The van der Waals surface area contributed by atoms with Crippen LogP contribution in [0.15, 0.2) is 48.5 Å². The van der Waals surface area contributed by atoms with Crippen LogP contribution in [0.3, 0.4) is 0 Å². The molecule has 0 aromatic heterocycles. The number of urea groups is 1. The molecule has 0 bridgehead atoms. The Morgan fingerprint density at radius 2 is 1.83 bits per heavy atom. The van der Waals surface area contributed by atoms with E-state index in [9.17, 15) is 9.18 Å². The summed E-state index contributed by atoms with van der Waals surface area (Å²) in [5.74, 6) is -0.284. The summed E-state index contributed by atoms with van der Waals surface area (Å²) >= 11 is 0. The monoisotopic (exact) mass is 309 g/mol. The fraction of sp³-hybridized carbons (Fsp3) is 0.222. The summed E-state index contributed by atoms with van der Waals surface area (Å²) in [6.07, 6.45) is 1.98. The minimum Gasteiger partial charge on any atom is -0.317 e. The van der Waals surface area contributed by atoms with E-state index in [0.717, 1.165) is 18.4 Å². The number of halogens is 1. The van der Waals surface area contributed by atoms with Crippen LogP contribution in [0.5, 0.6) is 0 Å². The Bertz CT molecular complexity index is 730. The van der Waals surface area contributed by atoms with Gasteiger partial charge in [0.2, 0.25) is 0 Å². The number of anilines is 1. The Balaban J connectivity index is 1.69. The zero-order chi connectivity index (χ0) is 16.2. The van der Waals surface area contributed by atoms with Crippen LogP contribution in [0.25, 0.3) is 0 Å². The summed E-state index contributed by atoms with van der Waals surface area (Å²) in [5.41, 5.74) is 2.10. The maximum Gasteiger partial charge on any atom is 0.322 e. The van der Waals surface area contributed by atoms with Gasteiger partial charge in [-0.25, -0.2) is 9.18 Å². The molecule has 0 saturated heterocycles. The van der Waals surface area contributed by atoms with Gasteiger partial charge in [0.1, 0.15) is 5.82 Å². The molecule has 3 rings (SSSR count). The van der Waals surface area contributed by atoms with Crippen LogP contribution < -0.4 is 5.32 Å². The van der Waals surface area contributed by atoms with Crippen molar-refractivity contribution < 1.29 is 9.18 Å². The molecular formula is C18H16FN3O. The summed E-state index contributed by atoms with van der Waals surface area (Å²) in [7, 11) is 0. The molecule has 2 amide bonds. The normalized spacial score (nSPS) is 13.2. The van der Waals surface area contributed by atoms with Crippen molar-refractivity contribution in [3.05, 3.63) is 65.5 Å². The predicted octanol–water partition coefficient (Wildman–Crippen LogP) is 3.89. The van der Waals surface area contributed by atoms with Crippen LogP contribution >= 0.6 is 0 Å². The van der Waals surface area contributed by atoms with Gasteiger partial charge in [0.05, 0.1) is 11.6 Å². The summed E-state index contributed by atoms with van der Waals surface area (Å²) in [6, 6.07) is 15.0. The van der Waals surface area contributed by atoms with E-state index in [1.807, 2.05) is 6.07 Å². The lowest BCUT2D eigenvalue weighted by Gasteiger charge is -2.23. The first-order valence-corrected chi connectivity index (χ1v) is 7.48. The topological polar surface area (TPSA) is 56.1 Å². The minimum absolute atomic E-state index is 0.179. The van der Waals surface area contributed by atoms with Gasteiger partial charge in [-0.3, -0.25) is 0 Å². The first kappa shape index (κ1) is 15.0. The fourth-order valence-electron chi connectivity index (χ4n) is 2.36. The molecular weight excluding hydrogens is 293 g/mol. The van der Waals surface area contributed by atoms with Gasteiger partial charge < -0.3 is 10.2 Å². The van der Waals surface area contributed by atoms with Crippen LogP contribution in [0.2, 0.25) is 0 Å². The first-order valence-electron chi connectivity index (χ1n) is 7.48. The third kappa shape index (κ3) is 3.86. The molecule has 0 atom stereocenters. The maximum absolute atomic E-state index is 13.0. The zero-order valence-corrected chi connectivity index (χ0v) is 12.5. The van der Waals surface area contributed by atoms with Crippen LogP contribution in [-0.2, 0) is 6.54 Å². The number of benzene rings is 2. The van der Waals surface area contributed by atoms with Crippen molar-refractivity contribution in [2.24, 2.45) is 0 Å². The number of carbonyl (C=O) groups is 1. The van der Waals surface area contributed by atoms with Gasteiger partial charge in [0.25, 0.3) is 0 Å². The lowest BCUT2D eigenvalue weighted by molar-refractivity contribution is 0.206. The average Bonchev–Trinajstić information content (AvgIpc) is 3.39. The van der Waals surface area contributed by atoms with Crippen LogP contribution in [-0.4, -0.2) is 17.0 Å². The number of nitrogens with zero attached hydrogens (tertiary/aromatic N) is 2. The SMILES string of the molecule is N#Cc1ccc(NC(=O)N(Cc2ccc(F)cc2)C2CC2)cc1. The molecule has 23 heavy (non-hydrogen) atoms. The molecule has 0 aliphatic heterocycles. The van der Waals surface area contributed by atoms with E-state index in [4.69, 9.17) is 5.26 Å². The van der Waals surface area contributed by atoms with Gasteiger partial charge in [0.15, 0.2) is 0 Å². The molecule has 0 heterocycles. The summed E-state index contributed by atoms with van der Waals surface area (Å²) < 4.78 is 13.0. The maximum atomic E-state index is 13.0. The van der Waals surface area contributed by atoms with Crippen LogP contribution in [0.1, 0.15) is 24.0 Å². The molecule has 5 heteroatoms. The predicted molar refractivity (Wildman–Crippen MR) is 85.1 cm³/mol. The van der Waals surface area contributed by atoms with Crippen molar-refractivity contribution in [3.63, 3.8) is 0 Å². The average molecular weight is 309 g/mol. The number of nitriles is 1. The van der Waals surface area contributed by atoms with Crippen molar-refractivity contribution in [2.45, 2.75) is 25.4 Å². The molecule has 116 valence electrons. The van der Waals surface area contributed by atoms with Gasteiger partial charge in [-0.05, 0) is 54.8 Å². The van der Waals surface area contributed by atoms with E-state index in [2.05, 4.69) is 5.32 Å². The number of carbonyl (C=O) groups excluding carboxylic acids is 1. The first-order chi connectivity index (χ1) is 11.2. The third-order valence-electron chi connectivity index (χ3n) is 3.78. The van der Waals surface area contributed by atoms with E-state index in [1.165, 1.54) is 12.1 Å². The molecule has 0 spiro atoms. The molecule has 1 aliphatic rings. The van der Waals surface area contributed by atoms with Gasteiger partial charge >= 0.3 is 6.03 Å². The van der Waals surface area contributed by atoms with E-state index in [0.29, 0.717) is 17.8 Å².